The zero-order valence-electron chi connectivity index (χ0n) is 10.5. The third-order valence-electron chi connectivity index (χ3n) is 3.28. The second-order valence-electron chi connectivity index (χ2n) is 4.73. The highest BCUT2D eigenvalue weighted by atomic mass is 19.3. The molecule has 0 spiro atoms. The average Bonchev–Trinajstić information content (AvgIpc) is 2.36. The average molecular weight is 274 g/mol. The van der Waals surface area contributed by atoms with Gasteiger partial charge in [0.15, 0.2) is 11.6 Å². The molecule has 0 amide bonds. The quantitative estimate of drug-likeness (QED) is 0.822. The first-order valence-corrected chi connectivity index (χ1v) is 6.36. The van der Waals surface area contributed by atoms with Crippen LogP contribution in [-0.2, 0) is 0 Å². The van der Waals surface area contributed by atoms with E-state index in [4.69, 9.17) is 5.73 Å². The van der Waals surface area contributed by atoms with Gasteiger partial charge in [-0.3, -0.25) is 0 Å². The van der Waals surface area contributed by atoms with Crippen LogP contribution in [-0.4, -0.2) is 12.7 Å². The van der Waals surface area contributed by atoms with E-state index in [1.54, 1.807) is 0 Å². The van der Waals surface area contributed by atoms with Crippen molar-refractivity contribution in [2.75, 3.05) is 11.1 Å². The van der Waals surface area contributed by atoms with Crippen molar-refractivity contribution in [2.45, 2.75) is 44.8 Å². The van der Waals surface area contributed by atoms with Crippen molar-refractivity contribution in [1.82, 2.24) is 0 Å². The molecular formula is C13H17F3N2O. The summed E-state index contributed by atoms with van der Waals surface area (Å²) in [5, 5.41) is 3.17. The van der Waals surface area contributed by atoms with Crippen LogP contribution >= 0.6 is 0 Å². The van der Waals surface area contributed by atoms with E-state index in [0.717, 1.165) is 31.7 Å². The number of rotatable bonds is 4. The van der Waals surface area contributed by atoms with Crippen molar-refractivity contribution in [3.05, 3.63) is 17.9 Å². The minimum atomic E-state index is -3.05. The van der Waals surface area contributed by atoms with Gasteiger partial charge in [0.1, 0.15) is 0 Å². The summed E-state index contributed by atoms with van der Waals surface area (Å²) in [6.07, 6.45) is 5.46. The van der Waals surface area contributed by atoms with Gasteiger partial charge in [0.2, 0.25) is 0 Å². The Labute approximate surface area is 109 Å². The number of anilines is 2. The highest BCUT2D eigenvalue weighted by Gasteiger charge is 2.17. The van der Waals surface area contributed by atoms with Crippen LogP contribution in [0, 0.1) is 5.82 Å². The van der Waals surface area contributed by atoms with E-state index in [2.05, 4.69) is 10.1 Å². The molecule has 1 aromatic carbocycles. The van der Waals surface area contributed by atoms with E-state index in [1.165, 1.54) is 12.5 Å². The molecule has 0 aliphatic heterocycles. The topological polar surface area (TPSA) is 47.3 Å². The van der Waals surface area contributed by atoms with Gasteiger partial charge in [-0.25, -0.2) is 4.39 Å². The Hall–Kier alpha value is -1.59. The molecule has 3 nitrogen and oxygen atoms in total. The number of nitrogens with two attached hydrogens (primary N) is 1. The predicted molar refractivity (Wildman–Crippen MR) is 67.9 cm³/mol. The molecular weight excluding hydrogens is 257 g/mol. The Kier molecular flexibility index (Phi) is 4.39. The standard InChI is InChI=1S/C13H17F3N2O/c14-9-6-10(17)11(7-12(9)19-13(15)16)18-8-4-2-1-3-5-8/h6-8,13,18H,1-5,17H2. The Bertz CT molecular complexity index is 434. The van der Waals surface area contributed by atoms with Gasteiger partial charge in [0, 0.05) is 18.2 Å². The fourth-order valence-corrected chi connectivity index (χ4v) is 2.35. The largest absolute Gasteiger partial charge is 0.432 e. The van der Waals surface area contributed by atoms with Crippen molar-refractivity contribution in [3.63, 3.8) is 0 Å². The first kappa shape index (κ1) is 13.8. The van der Waals surface area contributed by atoms with Crippen LogP contribution in [0.1, 0.15) is 32.1 Å². The molecule has 1 saturated carbocycles. The molecule has 0 atom stereocenters. The highest BCUT2D eigenvalue weighted by Crippen LogP contribution is 2.31. The van der Waals surface area contributed by atoms with Crippen LogP contribution < -0.4 is 15.8 Å². The van der Waals surface area contributed by atoms with Crippen molar-refractivity contribution in [2.24, 2.45) is 0 Å². The minimum absolute atomic E-state index is 0.199. The number of halogens is 3. The second kappa shape index (κ2) is 6.04. The number of alkyl halides is 2. The van der Waals surface area contributed by atoms with Crippen LogP contribution in [0.15, 0.2) is 12.1 Å². The molecule has 2 rings (SSSR count). The predicted octanol–water partition coefficient (Wildman–Crippen LogP) is 3.75. The van der Waals surface area contributed by atoms with Crippen LogP contribution in [0.2, 0.25) is 0 Å². The van der Waals surface area contributed by atoms with E-state index in [9.17, 15) is 13.2 Å². The van der Waals surface area contributed by atoms with Gasteiger partial charge in [0.25, 0.3) is 0 Å². The summed E-state index contributed by atoms with van der Waals surface area (Å²) in [6.45, 7) is -3.05. The molecule has 6 heteroatoms. The molecule has 1 aliphatic rings. The van der Waals surface area contributed by atoms with E-state index >= 15 is 0 Å². The Morgan fingerprint density at radius 3 is 2.53 bits per heavy atom. The third kappa shape index (κ3) is 3.68. The molecule has 1 aromatic rings. The second-order valence-corrected chi connectivity index (χ2v) is 4.73. The fourth-order valence-electron chi connectivity index (χ4n) is 2.35. The van der Waals surface area contributed by atoms with E-state index < -0.39 is 18.2 Å². The zero-order chi connectivity index (χ0) is 13.8. The summed E-state index contributed by atoms with van der Waals surface area (Å²) in [7, 11) is 0. The molecule has 0 saturated heterocycles. The van der Waals surface area contributed by atoms with E-state index in [-0.39, 0.29) is 11.7 Å². The van der Waals surface area contributed by atoms with Crippen LogP contribution in [0.3, 0.4) is 0 Å². The van der Waals surface area contributed by atoms with E-state index in [1.807, 2.05) is 0 Å². The maximum absolute atomic E-state index is 13.4. The lowest BCUT2D eigenvalue weighted by Gasteiger charge is -2.25. The van der Waals surface area contributed by atoms with Crippen LogP contribution in [0.5, 0.6) is 5.75 Å². The molecule has 0 radical (unpaired) electrons. The molecule has 0 bridgehead atoms. The summed E-state index contributed by atoms with van der Waals surface area (Å²) < 4.78 is 41.8. The van der Waals surface area contributed by atoms with E-state index in [0.29, 0.717) is 5.69 Å². The Morgan fingerprint density at radius 1 is 1.21 bits per heavy atom. The summed E-state index contributed by atoms with van der Waals surface area (Å²) >= 11 is 0. The minimum Gasteiger partial charge on any atom is -0.432 e. The van der Waals surface area contributed by atoms with Gasteiger partial charge in [-0.05, 0) is 12.8 Å². The molecule has 1 aliphatic carbocycles. The van der Waals surface area contributed by atoms with Crippen molar-refractivity contribution in [1.29, 1.82) is 0 Å². The van der Waals surface area contributed by atoms with Gasteiger partial charge >= 0.3 is 6.61 Å². The Morgan fingerprint density at radius 2 is 1.89 bits per heavy atom. The number of hydrogen-bond donors (Lipinski definition) is 2. The number of ether oxygens (including phenoxy) is 1. The molecule has 3 N–H and O–H groups in total. The van der Waals surface area contributed by atoms with Crippen molar-refractivity contribution < 1.29 is 17.9 Å². The fraction of sp³-hybridized carbons (Fsp3) is 0.538. The van der Waals surface area contributed by atoms with Gasteiger partial charge in [-0.1, -0.05) is 19.3 Å². The number of hydrogen-bond acceptors (Lipinski definition) is 3. The number of nitrogens with one attached hydrogen (secondary N) is 1. The molecule has 106 valence electrons. The first-order valence-electron chi connectivity index (χ1n) is 6.36. The molecule has 1 fully saturated rings. The summed E-state index contributed by atoms with van der Waals surface area (Å²) in [5.74, 6) is -1.37. The lowest BCUT2D eigenvalue weighted by molar-refractivity contribution is -0.0521. The molecule has 0 aromatic heterocycles. The number of benzene rings is 1. The summed E-state index contributed by atoms with van der Waals surface area (Å²) in [4.78, 5) is 0. The van der Waals surface area contributed by atoms with Gasteiger partial charge < -0.3 is 15.8 Å². The smallest absolute Gasteiger partial charge is 0.387 e. The molecule has 0 heterocycles. The third-order valence-corrected chi connectivity index (χ3v) is 3.28. The lowest BCUT2D eigenvalue weighted by Crippen LogP contribution is -2.23. The van der Waals surface area contributed by atoms with Gasteiger partial charge in [0.05, 0.1) is 11.4 Å². The molecule has 0 unspecified atom stereocenters. The molecule has 19 heavy (non-hydrogen) atoms. The number of nitrogen functional groups attached to an aromatic ring is 1. The SMILES string of the molecule is Nc1cc(F)c(OC(F)F)cc1NC1CCCCC1. The van der Waals surface area contributed by atoms with Crippen molar-refractivity contribution >= 4 is 11.4 Å². The lowest BCUT2D eigenvalue weighted by atomic mass is 9.95. The van der Waals surface area contributed by atoms with Crippen molar-refractivity contribution in [3.8, 4) is 5.75 Å². The maximum Gasteiger partial charge on any atom is 0.387 e. The summed E-state index contributed by atoms with van der Waals surface area (Å²) in [6, 6.07) is 2.45. The Balaban J connectivity index is 2.14. The van der Waals surface area contributed by atoms with Gasteiger partial charge in [-0.15, -0.1) is 0 Å². The van der Waals surface area contributed by atoms with Crippen LogP contribution in [0.25, 0.3) is 0 Å². The van der Waals surface area contributed by atoms with Gasteiger partial charge in [-0.2, -0.15) is 8.78 Å². The normalized spacial score (nSPS) is 16.6. The summed E-state index contributed by atoms with van der Waals surface area (Å²) in [5.41, 5.74) is 6.34. The maximum atomic E-state index is 13.4. The highest BCUT2D eigenvalue weighted by molar-refractivity contribution is 5.69. The first-order chi connectivity index (χ1) is 9.06. The monoisotopic (exact) mass is 274 g/mol. The zero-order valence-corrected chi connectivity index (χ0v) is 10.5. The van der Waals surface area contributed by atoms with Crippen LogP contribution in [0.4, 0.5) is 24.5 Å².